The molecule has 0 atom stereocenters. The van der Waals surface area contributed by atoms with Crippen LogP contribution in [-0.2, 0) is 16.0 Å². The molecule has 0 saturated carbocycles. The Morgan fingerprint density at radius 3 is 2.50 bits per heavy atom. The lowest BCUT2D eigenvalue weighted by molar-refractivity contribution is -0.141. The maximum absolute atomic E-state index is 11.4. The summed E-state index contributed by atoms with van der Waals surface area (Å²) in [6.07, 6.45) is 2.24. The van der Waals surface area contributed by atoms with Crippen LogP contribution in [0.2, 0.25) is 0 Å². The SMILES string of the molecule is CCOC(CCn1ccccc1=O)OCC. The molecule has 1 aromatic rings. The number of aryl methyl sites for hydroxylation is 1. The van der Waals surface area contributed by atoms with Crippen LogP contribution in [0.5, 0.6) is 0 Å². The van der Waals surface area contributed by atoms with Crippen molar-refractivity contribution >= 4 is 0 Å². The Hall–Kier alpha value is -1.13. The number of nitrogens with zero attached hydrogens (tertiary/aromatic N) is 1. The Morgan fingerprint density at radius 2 is 1.94 bits per heavy atom. The van der Waals surface area contributed by atoms with Crippen LogP contribution in [0.3, 0.4) is 0 Å². The van der Waals surface area contributed by atoms with E-state index in [2.05, 4.69) is 0 Å². The number of rotatable bonds is 7. The minimum absolute atomic E-state index is 0.00856. The minimum Gasteiger partial charge on any atom is -0.353 e. The Kier molecular flexibility index (Phi) is 5.82. The molecule has 0 bridgehead atoms. The van der Waals surface area contributed by atoms with Gasteiger partial charge in [0.05, 0.1) is 0 Å². The number of pyridine rings is 1. The minimum atomic E-state index is -0.220. The summed E-state index contributed by atoms with van der Waals surface area (Å²) in [6.45, 7) is 5.72. The maximum atomic E-state index is 11.4. The van der Waals surface area contributed by atoms with E-state index >= 15 is 0 Å². The van der Waals surface area contributed by atoms with Gasteiger partial charge in [-0.1, -0.05) is 6.07 Å². The van der Waals surface area contributed by atoms with Crippen LogP contribution in [0.15, 0.2) is 29.2 Å². The molecule has 0 spiro atoms. The first-order valence-corrected chi connectivity index (χ1v) is 5.66. The normalized spacial score (nSPS) is 10.9. The number of aromatic nitrogens is 1. The quantitative estimate of drug-likeness (QED) is 0.662. The second-order valence-electron chi connectivity index (χ2n) is 3.36. The highest BCUT2D eigenvalue weighted by atomic mass is 16.7. The third-order valence-electron chi connectivity index (χ3n) is 2.21. The van der Waals surface area contributed by atoms with Gasteiger partial charge in [0.25, 0.3) is 5.56 Å². The lowest BCUT2D eigenvalue weighted by Gasteiger charge is -2.17. The van der Waals surface area contributed by atoms with Gasteiger partial charge in [0, 0.05) is 38.4 Å². The third kappa shape index (κ3) is 4.16. The van der Waals surface area contributed by atoms with Crippen LogP contribution in [0, 0.1) is 0 Å². The molecule has 0 fully saturated rings. The Balaban J connectivity index is 2.48. The molecule has 0 N–H and O–H groups in total. The Labute approximate surface area is 95.8 Å². The zero-order valence-electron chi connectivity index (χ0n) is 9.89. The first-order valence-electron chi connectivity index (χ1n) is 5.66. The molecule has 0 aliphatic carbocycles. The van der Waals surface area contributed by atoms with Crippen LogP contribution >= 0.6 is 0 Å². The fraction of sp³-hybridized carbons (Fsp3) is 0.583. The smallest absolute Gasteiger partial charge is 0.250 e. The molecule has 0 amide bonds. The first kappa shape index (κ1) is 12.9. The van der Waals surface area contributed by atoms with Crippen LogP contribution in [0.25, 0.3) is 0 Å². The van der Waals surface area contributed by atoms with E-state index in [9.17, 15) is 4.79 Å². The average molecular weight is 225 g/mol. The van der Waals surface area contributed by atoms with Gasteiger partial charge in [-0.15, -0.1) is 0 Å². The number of ether oxygens (including phenoxy) is 2. The summed E-state index contributed by atoms with van der Waals surface area (Å²) >= 11 is 0. The highest BCUT2D eigenvalue weighted by Gasteiger charge is 2.07. The highest BCUT2D eigenvalue weighted by molar-refractivity contribution is 4.92. The Morgan fingerprint density at radius 1 is 1.25 bits per heavy atom. The second-order valence-corrected chi connectivity index (χ2v) is 3.36. The van der Waals surface area contributed by atoms with Crippen molar-refractivity contribution in [1.82, 2.24) is 4.57 Å². The maximum Gasteiger partial charge on any atom is 0.250 e. The second kappa shape index (κ2) is 7.19. The molecule has 4 nitrogen and oxygen atoms in total. The molecular formula is C12H19NO3. The average Bonchev–Trinajstić information content (AvgIpc) is 2.28. The van der Waals surface area contributed by atoms with E-state index in [0.29, 0.717) is 26.2 Å². The van der Waals surface area contributed by atoms with Crippen molar-refractivity contribution < 1.29 is 9.47 Å². The largest absolute Gasteiger partial charge is 0.353 e. The molecule has 0 radical (unpaired) electrons. The van der Waals surface area contributed by atoms with E-state index in [1.807, 2.05) is 19.9 Å². The van der Waals surface area contributed by atoms with E-state index in [1.54, 1.807) is 22.9 Å². The summed E-state index contributed by atoms with van der Waals surface area (Å²) in [5.41, 5.74) is 0.00856. The zero-order valence-corrected chi connectivity index (χ0v) is 9.89. The lowest BCUT2D eigenvalue weighted by Crippen LogP contribution is -2.24. The molecule has 0 saturated heterocycles. The molecule has 0 unspecified atom stereocenters. The molecule has 1 rings (SSSR count). The van der Waals surface area contributed by atoms with Crippen molar-refractivity contribution in [2.45, 2.75) is 33.1 Å². The van der Waals surface area contributed by atoms with Gasteiger partial charge in [-0.3, -0.25) is 4.79 Å². The summed E-state index contributed by atoms with van der Waals surface area (Å²) < 4.78 is 12.5. The van der Waals surface area contributed by atoms with Crippen molar-refractivity contribution in [3.63, 3.8) is 0 Å². The van der Waals surface area contributed by atoms with E-state index in [0.717, 1.165) is 0 Å². The van der Waals surface area contributed by atoms with E-state index in [-0.39, 0.29) is 11.8 Å². The molecule has 4 heteroatoms. The predicted octanol–water partition coefficient (Wildman–Crippen LogP) is 1.64. The fourth-order valence-electron chi connectivity index (χ4n) is 1.48. The summed E-state index contributed by atoms with van der Waals surface area (Å²) in [7, 11) is 0. The predicted molar refractivity (Wildman–Crippen MR) is 62.4 cm³/mol. The van der Waals surface area contributed by atoms with Crippen LogP contribution in [0.4, 0.5) is 0 Å². The van der Waals surface area contributed by atoms with Crippen LogP contribution in [-0.4, -0.2) is 24.1 Å². The van der Waals surface area contributed by atoms with Gasteiger partial charge in [-0.25, -0.2) is 0 Å². The summed E-state index contributed by atoms with van der Waals surface area (Å²) in [6, 6.07) is 5.13. The number of hydrogen-bond donors (Lipinski definition) is 0. The van der Waals surface area contributed by atoms with Crippen LogP contribution < -0.4 is 5.56 Å². The molecule has 16 heavy (non-hydrogen) atoms. The molecular weight excluding hydrogens is 206 g/mol. The lowest BCUT2D eigenvalue weighted by atomic mass is 10.4. The molecule has 0 aliphatic heterocycles. The van der Waals surface area contributed by atoms with Gasteiger partial charge in [-0.2, -0.15) is 0 Å². The van der Waals surface area contributed by atoms with Crippen molar-refractivity contribution in [3.05, 3.63) is 34.7 Å². The van der Waals surface area contributed by atoms with E-state index in [4.69, 9.17) is 9.47 Å². The third-order valence-corrected chi connectivity index (χ3v) is 2.21. The summed E-state index contributed by atoms with van der Waals surface area (Å²) in [5.74, 6) is 0. The monoisotopic (exact) mass is 225 g/mol. The molecule has 0 aliphatic rings. The van der Waals surface area contributed by atoms with Crippen molar-refractivity contribution in [3.8, 4) is 0 Å². The zero-order chi connectivity index (χ0) is 11.8. The molecule has 1 aromatic heterocycles. The van der Waals surface area contributed by atoms with Crippen LogP contribution in [0.1, 0.15) is 20.3 Å². The van der Waals surface area contributed by atoms with E-state index in [1.165, 1.54) is 0 Å². The van der Waals surface area contributed by atoms with Gasteiger partial charge >= 0.3 is 0 Å². The molecule has 0 aromatic carbocycles. The van der Waals surface area contributed by atoms with Gasteiger partial charge in [0.15, 0.2) is 6.29 Å². The Bertz CT molecular complexity index is 342. The number of hydrogen-bond acceptors (Lipinski definition) is 3. The first-order chi connectivity index (χ1) is 7.77. The van der Waals surface area contributed by atoms with Crippen molar-refractivity contribution in [1.29, 1.82) is 0 Å². The van der Waals surface area contributed by atoms with Gasteiger partial charge in [0.2, 0.25) is 0 Å². The van der Waals surface area contributed by atoms with Crippen molar-refractivity contribution in [2.24, 2.45) is 0 Å². The highest BCUT2D eigenvalue weighted by Crippen LogP contribution is 2.02. The molecule has 1 heterocycles. The molecule has 90 valence electrons. The van der Waals surface area contributed by atoms with Gasteiger partial charge < -0.3 is 14.0 Å². The van der Waals surface area contributed by atoms with Gasteiger partial charge in [-0.05, 0) is 19.9 Å². The van der Waals surface area contributed by atoms with Gasteiger partial charge in [0.1, 0.15) is 0 Å². The summed E-state index contributed by atoms with van der Waals surface area (Å²) in [4.78, 5) is 11.4. The van der Waals surface area contributed by atoms with E-state index < -0.39 is 0 Å². The topological polar surface area (TPSA) is 40.5 Å². The fourth-order valence-corrected chi connectivity index (χ4v) is 1.48. The van der Waals surface area contributed by atoms with Crippen molar-refractivity contribution in [2.75, 3.05) is 13.2 Å². The summed E-state index contributed by atoms with van der Waals surface area (Å²) in [5, 5.41) is 0. The standard InChI is InChI=1S/C12H19NO3/c1-3-15-12(16-4-2)8-10-13-9-6-5-7-11(13)14/h5-7,9,12H,3-4,8,10H2,1-2H3.